The molecule has 0 unspecified atom stereocenters. The number of aryl methyl sites for hydroxylation is 2. The summed E-state index contributed by atoms with van der Waals surface area (Å²) < 4.78 is 3.17. The Bertz CT molecular complexity index is 820. The van der Waals surface area contributed by atoms with Crippen LogP contribution in [0.5, 0.6) is 0 Å². The van der Waals surface area contributed by atoms with E-state index < -0.39 is 5.97 Å². The third-order valence-corrected chi connectivity index (χ3v) is 3.06. The fourth-order valence-electron chi connectivity index (χ4n) is 2.08. The Morgan fingerprint density at radius 2 is 2.14 bits per heavy atom. The van der Waals surface area contributed by atoms with Crippen LogP contribution in [0, 0.1) is 0 Å². The number of aromatic nitrogens is 6. The zero-order valence-electron chi connectivity index (χ0n) is 11.5. The highest BCUT2D eigenvalue weighted by Gasteiger charge is 2.17. The molecule has 0 aliphatic heterocycles. The van der Waals surface area contributed by atoms with Crippen LogP contribution in [0.25, 0.3) is 11.0 Å². The van der Waals surface area contributed by atoms with Gasteiger partial charge in [0.25, 0.3) is 0 Å². The van der Waals surface area contributed by atoms with E-state index in [4.69, 9.17) is 0 Å². The van der Waals surface area contributed by atoms with Crippen LogP contribution in [-0.2, 0) is 20.6 Å². The van der Waals surface area contributed by atoms with Crippen molar-refractivity contribution in [2.75, 3.05) is 5.32 Å². The SMILES string of the molecule is Cn1cnc(CNc2c(C(=O)O)cnc3c2cnn3C)n1. The molecule has 0 radical (unpaired) electrons. The predicted molar refractivity (Wildman–Crippen MR) is 73.8 cm³/mol. The number of aromatic carboxylic acids is 1. The van der Waals surface area contributed by atoms with Crippen LogP contribution in [0.3, 0.4) is 0 Å². The molecular weight excluding hydrogens is 274 g/mol. The molecule has 9 nitrogen and oxygen atoms in total. The zero-order valence-corrected chi connectivity index (χ0v) is 11.5. The van der Waals surface area contributed by atoms with Gasteiger partial charge in [-0.3, -0.25) is 9.36 Å². The first-order valence-corrected chi connectivity index (χ1v) is 6.18. The fourth-order valence-corrected chi connectivity index (χ4v) is 2.08. The van der Waals surface area contributed by atoms with Crippen molar-refractivity contribution in [3.8, 4) is 0 Å². The second-order valence-electron chi connectivity index (χ2n) is 4.55. The van der Waals surface area contributed by atoms with Crippen molar-refractivity contribution in [1.82, 2.24) is 29.5 Å². The summed E-state index contributed by atoms with van der Waals surface area (Å²) in [6, 6.07) is 0. The van der Waals surface area contributed by atoms with Crippen LogP contribution in [0.2, 0.25) is 0 Å². The Morgan fingerprint density at radius 1 is 1.33 bits per heavy atom. The molecule has 3 aromatic rings. The van der Waals surface area contributed by atoms with Crippen molar-refractivity contribution >= 4 is 22.7 Å². The highest BCUT2D eigenvalue weighted by molar-refractivity contribution is 6.03. The van der Waals surface area contributed by atoms with E-state index in [0.29, 0.717) is 29.1 Å². The molecule has 0 saturated heterocycles. The number of anilines is 1. The van der Waals surface area contributed by atoms with E-state index in [1.54, 1.807) is 36.0 Å². The number of carboxylic acids is 1. The number of pyridine rings is 1. The molecule has 108 valence electrons. The van der Waals surface area contributed by atoms with Gasteiger partial charge in [0.1, 0.15) is 11.9 Å². The largest absolute Gasteiger partial charge is 0.478 e. The van der Waals surface area contributed by atoms with Crippen LogP contribution in [0.1, 0.15) is 16.2 Å². The smallest absolute Gasteiger partial charge is 0.339 e. The van der Waals surface area contributed by atoms with Crippen molar-refractivity contribution < 1.29 is 9.90 Å². The quantitative estimate of drug-likeness (QED) is 0.714. The monoisotopic (exact) mass is 287 g/mol. The lowest BCUT2D eigenvalue weighted by Gasteiger charge is -2.09. The Kier molecular flexibility index (Phi) is 3.01. The molecule has 2 N–H and O–H groups in total. The molecule has 3 rings (SSSR count). The van der Waals surface area contributed by atoms with E-state index in [0.717, 1.165) is 0 Å². The molecule has 0 saturated carbocycles. The van der Waals surface area contributed by atoms with Crippen molar-refractivity contribution in [2.24, 2.45) is 14.1 Å². The maximum Gasteiger partial charge on any atom is 0.339 e. The highest BCUT2D eigenvalue weighted by atomic mass is 16.4. The number of nitrogens with zero attached hydrogens (tertiary/aromatic N) is 6. The first kappa shape index (κ1) is 13.0. The minimum atomic E-state index is -1.05. The van der Waals surface area contributed by atoms with Crippen LogP contribution >= 0.6 is 0 Å². The number of hydrogen-bond donors (Lipinski definition) is 2. The molecule has 3 heterocycles. The van der Waals surface area contributed by atoms with Crippen LogP contribution < -0.4 is 5.32 Å². The number of carboxylic acid groups (broad SMARTS) is 1. The van der Waals surface area contributed by atoms with Gasteiger partial charge in [0, 0.05) is 20.3 Å². The molecule has 21 heavy (non-hydrogen) atoms. The molecule has 0 aromatic carbocycles. The van der Waals surface area contributed by atoms with E-state index >= 15 is 0 Å². The first-order chi connectivity index (χ1) is 10.1. The van der Waals surface area contributed by atoms with E-state index in [-0.39, 0.29) is 5.56 Å². The van der Waals surface area contributed by atoms with Crippen molar-refractivity contribution in [1.29, 1.82) is 0 Å². The lowest BCUT2D eigenvalue weighted by molar-refractivity contribution is 0.0697. The Hall–Kier alpha value is -2.97. The van der Waals surface area contributed by atoms with E-state index in [1.165, 1.54) is 6.20 Å². The van der Waals surface area contributed by atoms with Crippen LogP contribution in [0.4, 0.5) is 5.69 Å². The van der Waals surface area contributed by atoms with Crippen molar-refractivity contribution in [3.63, 3.8) is 0 Å². The number of fused-ring (bicyclic) bond motifs is 1. The third kappa shape index (κ3) is 2.29. The van der Waals surface area contributed by atoms with Crippen molar-refractivity contribution in [3.05, 3.63) is 30.1 Å². The van der Waals surface area contributed by atoms with Gasteiger partial charge in [-0.25, -0.2) is 14.8 Å². The van der Waals surface area contributed by atoms with E-state index in [1.807, 2.05) is 0 Å². The Morgan fingerprint density at radius 3 is 2.81 bits per heavy atom. The minimum Gasteiger partial charge on any atom is -0.478 e. The normalized spacial score (nSPS) is 11.0. The maximum atomic E-state index is 11.3. The summed E-state index contributed by atoms with van der Waals surface area (Å²) >= 11 is 0. The molecule has 0 bridgehead atoms. The molecule has 0 aliphatic rings. The fraction of sp³-hybridized carbons (Fsp3) is 0.250. The first-order valence-electron chi connectivity index (χ1n) is 6.18. The molecule has 0 atom stereocenters. The van der Waals surface area contributed by atoms with Gasteiger partial charge >= 0.3 is 5.97 Å². The number of carbonyl (C=O) groups is 1. The standard InChI is InChI=1S/C12H13N7O2/c1-18-6-15-9(17-18)5-13-10-7-4-16-19(2)11(7)14-3-8(10)12(20)21/h3-4,6H,5H2,1-2H3,(H,13,14)(H,20,21). The molecule has 3 aromatic heterocycles. The third-order valence-electron chi connectivity index (χ3n) is 3.06. The summed E-state index contributed by atoms with van der Waals surface area (Å²) in [5.41, 5.74) is 1.16. The van der Waals surface area contributed by atoms with Gasteiger partial charge in [0.15, 0.2) is 11.5 Å². The summed E-state index contributed by atoms with van der Waals surface area (Å²) in [5.74, 6) is -0.479. The zero-order chi connectivity index (χ0) is 15.0. The van der Waals surface area contributed by atoms with Gasteiger partial charge in [-0.2, -0.15) is 10.2 Å². The summed E-state index contributed by atoms with van der Waals surface area (Å²) in [5, 5.41) is 21.3. The summed E-state index contributed by atoms with van der Waals surface area (Å²) in [4.78, 5) is 19.6. The lowest BCUT2D eigenvalue weighted by atomic mass is 10.2. The Balaban J connectivity index is 2.01. The number of hydrogen-bond acceptors (Lipinski definition) is 6. The average Bonchev–Trinajstić information content (AvgIpc) is 3.03. The number of rotatable bonds is 4. The van der Waals surface area contributed by atoms with Gasteiger partial charge in [0.2, 0.25) is 0 Å². The molecule has 0 aliphatic carbocycles. The topological polar surface area (TPSA) is 111 Å². The van der Waals surface area contributed by atoms with Crippen LogP contribution in [0.15, 0.2) is 18.7 Å². The Labute approximate surface area is 119 Å². The molecular formula is C12H13N7O2. The van der Waals surface area contributed by atoms with E-state index in [2.05, 4.69) is 25.5 Å². The van der Waals surface area contributed by atoms with Gasteiger partial charge in [-0.05, 0) is 0 Å². The lowest BCUT2D eigenvalue weighted by Crippen LogP contribution is -2.09. The van der Waals surface area contributed by atoms with Gasteiger partial charge in [-0.1, -0.05) is 0 Å². The molecule has 9 heteroatoms. The molecule has 0 amide bonds. The predicted octanol–water partition coefficient (Wildman–Crippen LogP) is 0.407. The second kappa shape index (κ2) is 4.85. The average molecular weight is 287 g/mol. The van der Waals surface area contributed by atoms with Gasteiger partial charge in [-0.15, -0.1) is 0 Å². The van der Waals surface area contributed by atoms with Crippen LogP contribution in [-0.4, -0.2) is 40.6 Å². The van der Waals surface area contributed by atoms with Gasteiger partial charge < -0.3 is 10.4 Å². The highest BCUT2D eigenvalue weighted by Crippen LogP contribution is 2.25. The molecule has 0 fully saturated rings. The molecule has 0 spiro atoms. The van der Waals surface area contributed by atoms with Crippen molar-refractivity contribution in [2.45, 2.75) is 6.54 Å². The summed E-state index contributed by atoms with van der Waals surface area (Å²) in [6.07, 6.45) is 4.49. The number of nitrogens with one attached hydrogen (secondary N) is 1. The summed E-state index contributed by atoms with van der Waals surface area (Å²) in [6.45, 7) is 0.315. The maximum absolute atomic E-state index is 11.3. The van der Waals surface area contributed by atoms with Gasteiger partial charge in [0.05, 0.1) is 23.8 Å². The summed E-state index contributed by atoms with van der Waals surface area (Å²) in [7, 11) is 3.52. The minimum absolute atomic E-state index is 0.0893. The van der Waals surface area contributed by atoms with E-state index in [9.17, 15) is 9.90 Å². The second-order valence-corrected chi connectivity index (χ2v) is 4.55.